The third-order valence-electron chi connectivity index (χ3n) is 4.45. The van der Waals surface area contributed by atoms with Gasteiger partial charge in [-0.3, -0.25) is 19.8 Å². The molecule has 1 heterocycles. The molecule has 0 atom stereocenters. The zero-order chi connectivity index (χ0) is 20.1. The maximum absolute atomic E-state index is 12.5. The summed E-state index contributed by atoms with van der Waals surface area (Å²) in [5.41, 5.74) is 3.28. The summed E-state index contributed by atoms with van der Waals surface area (Å²) in [5.74, 6) is -0.308. The third-order valence-corrected chi connectivity index (χ3v) is 5.38. The second-order valence-corrected chi connectivity index (χ2v) is 7.53. The molecular weight excluding hydrogens is 372 g/mol. The van der Waals surface area contributed by atoms with Crippen LogP contribution in [0.2, 0.25) is 0 Å². The summed E-state index contributed by atoms with van der Waals surface area (Å²) >= 11 is 1.38. The van der Waals surface area contributed by atoms with Gasteiger partial charge in [0.25, 0.3) is 5.91 Å². The number of anilines is 2. The summed E-state index contributed by atoms with van der Waals surface area (Å²) in [7, 11) is 0. The maximum atomic E-state index is 12.5. The summed E-state index contributed by atoms with van der Waals surface area (Å²) in [6.07, 6.45) is 0. The summed E-state index contributed by atoms with van der Waals surface area (Å²) in [6, 6.07) is 13.1. The van der Waals surface area contributed by atoms with E-state index in [-0.39, 0.29) is 11.8 Å². The van der Waals surface area contributed by atoms with Gasteiger partial charge in [-0.05, 0) is 49.0 Å². The van der Waals surface area contributed by atoms with Crippen LogP contribution in [0.1, 0.15) is 36.7 Å². The third kappa shape index (κ3) is 4.94. The number of carbonyl (C=O) groups excluding carboxylic acids is 2. The zero-order valence-corrected chi connectivity index (χ0v) is 17.1. The quantitative estimate of drug-likeness (QED) is 0.623. The van der Waals surface area contributed by atoms with Crippen molar-refractivity contribution in [2.45, 2.75) is 27.3 Å². The highest BCUT2D eigenvalue weighted by Gasteiger charge is 2.11. The molecule has 0 fully saturated rings. The van der Waals surface area contributed by atoms with E-state index < -0.39 is 0 Å². The Kier molecular flexibility index (Phi) is 6.38. The number of hydrogen-bond acceptors (Lipinski definition) is 5. The van der Waals surface area contributed by atoms with Crippen molar-refractivity contribution in [3.05, 3.63) is 53.6 Å². The first-order valence-corrected chi connectivity index (χ1v) is 10.1. The van der Waals surface area contributed by atoms with Crippen LogP contribution >= 0.6 is 11.3 Å². The molecule has 0 spiro atoms. The van der Waals surface area contributed by atoms with E-state index in [4.69, 9.17) is 0 Å². The lowest BCUT2D eigenvalue weighted by atomic mass is 10.1. The number of rotatable bonds is 7. The van der Waals surface area contributed by atoms with Gasteiger partial charge < -0.3 is 5.32 Å². The summed E-state index contributed by atoms with van der Waals surface area (Å²) in [4.78, 5) is 30.5. The topological polar surface area (TPSA) is 74.3 Å². The number of aromatic nitrogens is 1. The van der Waals surface area contributed by atoms with Gasteiger partial charge in [-0.2, -0.15) is 0 Å². The molecule has 0 unspecified atom stereocenters. The average molecular weight is 397 g/mol. The van der Waals surface area contributed by atoms with E-state index in [0.29, 0.717) is 16.4 Å². The first-order chi connectivity index (χ1) is 13.5. The molecular formula is C21H24N4O2S. The molecule has 3 aromatic rings. The summed E-state index contributed by atoms with van der Waals surface area (Å²) < 4.78 is 0.899. The standard InChI is InChI=1S/C21H24N4O2S/c1-4-25(5-2)13-15-6-8-16(9-7-15)20(27)24-21-23-18-11-10-17(22-14(3)26)12-19(18)28-21/h6-12H,4-5,13H2,1-3H3,(H,22,26)(H,23,24,27). The van der Waals surface area contributed by atoms with Crippen molar-refractivity contribution in [1.82, 2.24) is 9.88 Å². The molecule has 0 saturated carbocycles. The lowest BCUT2D eigenvalue weighted by Gasteiger charge is -2.17. The molecule has 28 heavy (non-hydrogen) atoms. The van der Waals surface area contributed by atoms with Gasteiger partial charge in [-0.15, -0.1) is 0 Å². The Labute approximate surface area is 168 Å². The minimum absolute atomic E-state index is 0.123. The molecule has 0 aliphatic carbocycles. The summed E-state index contributed by atoms with van der Waals surface area (Å²) in [5, 5.41) is 6.14. The predicted octanol–water partition coefficient (Wildman–Crippen LogP) is 4.35. The monoisotopic (exact) mass is 396 g/mol. The van der Waals surface area contributed by atoms with Gasteiger partial charge in [-0.1, -0.05) is 37.3 Å². The minimum atomic E-state index is -0.185. The van der Waals surface area contributed by atoms with Gasteiger partial charge in [0.05, 0.1) is 10.2 Å². The van der Waals surface area contributed by atoms with Gasteiger partial charge in [0.1, 0.15) is 0 Å². The van der Waals surface area contributed by atoms with Gasteiger partial charge >= 0.3 is 0 Å². The van der Waals surface area contributed by atoms with Crippen molar-refractivity contribution in [3.63, 3.8) is 0 Å². The Balaban J connectivity index is 1.69. The van der Waals surface area contributed by atoms with Crippen LogP contribution in [-0.2, 0) is 11.3 Å². The second-order valence-electron chi connectivity index (χ2n) is 6.50. The van der Waals surface area contributed by atoms with E-state index in [1.54, 1.807) is 6.07 Å². The molecule has 0 saturated heterocycles. The number of amides is 2. The highest BCUT2D eigenvalue weighted by Crippen LogP contribution is 2.28. The number of nitrogens with zero attached hydrogens (tertiary/aromatic N) is 2. The maximum Gasteiger partial charge on any atom is 0.257 e. The molecule has 0 aliphatic rings. The molecule has 2 amide bonds. The fourth-order valence-corrected chi connectivity index (χ4v) is 3.80. The molecule has 0 bridgehead atoms. The predicted molar refractivity (Wildman–Crippen MR) is 115 cm³/mol. The Bertz CT molecular complexity index is 978. The Morgan fingerprint density at radius 2 is 1.75 bits per heavy atom. The van der Waals surface area contributed by atoms with Crippen LogP contribution in [0, 0.1) is 0 Å². The average Bonchev–Trinajstić information content (AvgIpc) is 3.07. The van der Waals surface area contributed by atoms with Gasteiger partial charge in [-0.25, -0.2) is 4.98 Å². The molecule has 0 aliphatic heterocycles. The first kappa shape index (κ1) is 20.0. The molecule has 2 N–H and O–H groups in total. The normalized spacial score (nSPS) is 11.0. The molecule has 1 aromatic heterocycles. The molecule has 3 rings (SSSR count). The SMILES string of the molecule is CCN(CC)Cc1ccc(C(=O)Nc2nc3ccc(NC(C)=O)cc3s2)cc1. The fourth-order valence-electron chi connectivity index (χ4n) is 2.90. The first-order valence-electron chi connectivity index (χ1n) is 9.29. The van der Waals surface area contributed by atoms with E-state index in [9.17, 15) is 9.59 Å². The smallest absolute Gasteiger partial charge is 0.257 e. The number of benzene rings is 2. The second kappa shape index (κ2) is 8.95. The lowest BCUT2D eigenvalue weighted by Crippen LogP contribution is -2.22. The largest absolute Gasteiger partial charge is 0.326 e. The van der Waals surface area contributed by atoms with E-state index in [0.717, 1.165) is 29.9 Å². The van der Waals surface area contributed by atoms with Crippen molar-refractivity contribution in [2.75, 3.05) is 23.7 Å². The lowest BCUT2D eigenvalue weighted by molar-refractivity contribution is -0.114. The van der Waals surface area contributed by atoms with Crippen LogP contribution in [0.4, 0.5) is 10.8 Å². The van der Waals surface area contributed by atoms with Crippen LogP contribution in [0.15, 0.2) is 42.5 Å². The molecule has 7 heteroatoms. The molecule has 2 aromatic carbocycles. The van der Waals surface area contributed by atoms with E-state index in [1.165, 1.54) is 23.8 Å². The van der Waals surface area contributed by atoms with Crippen molar-refractivity contribution in [1.29, 1.82) is 0 Å². The van der Waals surface area contributed by atoms with Crippen molar-refractivity contribution in [2.24, 2.45) is 0 Å². The number of hydrogen-bond donors (Lipinski definition) is 2. The Hall–Kier alpha value is -2.77. The van der Waals surface area contributed by atoms with Crippen LogP contribution in [0.5, 0.6) is 0 Å². The summed E-state index contributed by atoms with van der Waals surface area (Å²) in [6.45, 7) is 8.63. The Morgan fingerprint density at radius 3 is 2.39 bits per heavy atom. The van der Waals surface area contributed by atoms with Crippen LogP contribution in [0.25, 0.3) is 10.2 Å². The number of carbonyl (C=O) groups is 2. The van der Waals surface area contributed by atoms with E-state index in [1.807, 2.05) is 36.4 Å². The number of thiazole rings is 1. The number of nitrogens with one attached hydrogen (secondary N) is 2. The Morgan fingerprint density at radius 1 is 1.04 bits per heavy atom. The highest BCUT2D eigenvalue weighted by molar-refractivity contribution is 7.22. The van der Waals surface area contributed by atoms with Crippen molar-refractivity contribution in [3.8, 4) is 0 Å². The van der Waals surface area contributed by atoms with Crippen molar-refractivity contribution < 1.29 is 9.59 Å². The van der Waals surface area contributed by atoms with E-state index in [2.05, 4.69) is 34.4 Å². The highest BCUT2D eigenvalue weighted by atomic mass is 32.1. The van der Waals surface area contributed by atoms with Gasteiger partial charge in [0.15, 0.2) is 5.13 Å². The molecule has 0 radical (unpaired) electrons. The zero-order valence-electron chi connectivity index (χ0n) is 16.3. The van der Waals surface area contributed by atoms with Crippen LogP contribution in [0.3, 0.4) is 0 Å². The molecule has 146 valence electrons. The minimum Gasteiger partial charge on any atom is -0.326 e. The van der Waals surface area contributed by atoms with Crippen LogP contribution in [-0.4, -0.2) is 34.8 Å². The van der Waals surface area contributed by atoms with Crippen molar-refractivity contribution >= 4 is 44.2 Å². The van der Waals surface area contributed by atoms with Gasteiger partial charge in [0.2, 0.25) is 5.91 Å². The fraction of sp³-hybridized carbons (Fsp3) is 0.286. The van der Waals surface area contributed by atoms with Crippen LogP contribution < -0.4 is 10.6 Å². The molecule has 6 nitrogen and oxygen atoms in total. The van der Waals surface area contributed by atoms with Gasteiger partial charge in [0, 0.05) is 24.7 Å². The van der Waals surface area contributed by atoms with E-state index >= 15 is 0 Å². The number of fused-ring (bicyclic) bond motifs is 1.